The summed E-state index contributed by atoms with van der Waals surface area (Å²) in [6.45, 7) is 3.70. The summed E-state index contributed by atoms with van der Waals surface area (Å²) in [6, 6.07) is 10.5. The lowest BCUT2D eigenvalue weighted by Gasteiger charge is -2.23. The number of likely N-dealkylation sites (tertiary alicyclic amines) is 1. The highest BCUT2D eigenvalue weighted by atomic mass is 32.1. The van der Waals surface area contributed by atoms with Gasteiger partial charge in [-0.05, 0) is 54.0 Å². The number of ether oxygens (including phenoxy) is 1. The number of benzene rings is 1. The molecule has 1 fully saturated rings. The molecule has 0 radical (unpaired) electrons. The molecule has 3 N–H and O–H groups in total. The first kappa shape index (κ1) is 27.6. The summed E-state index contributed by atoms with van der Waals surface area (Å²) in [5.74, 6) is 0.929. The van der Waals surface area contributed by atoms with E-state index in [1.54, 1.807) is 16.2 Å². The molecule has 4 heterocycles. The van der Waals surface area contributed by atoms with Crippen molar-refractivity contribution in [3.63, 3.8) is 0 Å². The first-order chi connectivity index (χ1) is 17.2. The number of nitrogens with two attached hydrogens (primary N) is 1. The third-order valence-corrected chi connectivity index (χ3v) is 7.16. The summed E-state index contributed by atoms with van der Waals surface area (Å²) >= 11 is 1.79. The molecular weight excluding hydrogens is 487 g/mol. The summed E-state index contributed by atoms with van der Waals surface area (Å²) in [5, 5.41) is 8.94. The van der Waals surface area contributed by atoms with Crippen molar-refractivity contribution < 1.29 is 28.4 Å². The molecule has 6 nitrogen and oxygen atoms in total. The first-order valence-corrected chi connectivity index (χ1v) is 13.0. The standard InChI is InChI=1S/C25H29N5OS.CH2F2.FH/c1-26-15-23-13-20(18-32-23)24-16-28-30-17-21(14-27-25(24)30)19-5-7-22(8-6-19)31-12-11-29-9-3-2-4-10-29;2-1-3;/h5-8,13-14,16-18,26H,2-4,9-12,15H2,1H3;1H2;1H/p+2. The van der Waals surface area contributed by atoms with E-state index in [9.17, 15) is 8.78 Å². The Labute approximate surface area is 213 Å². The molecule has 0 spiro atoms. The van der Waals surface area contributed by atoms with E-state index >= 15 is 0 Å². The van der Waals surface area contributed by atoms with Gasteiger partial charge in [0.1, 0.15) is 25.4 Å². The van der Waals surface area contributed by atoms with Crippen molar-refractivity contribution >= 4 is 17.0 Å². The number of fused-ring (bicyclic) bond motifs is 1. The van der Waals surface area contributed by atoms with Crippen molar-refractivity contribution in [2.75, 3.05) is 40.2 Å². The van der Waals surface area contributed by atoms with Gasteiger partial charge in [0.05, 0.1) is 31.2 Å². The van der Waals surface area contributed by atoms with Gasteiger partial charge in [0.15, 0.2) is 5.65 Å². The molecule has 0 bridgehead atoms. The van der Waals surface area contributed by atoms with Crippen LogP contribution in [0.2, 0.25) is 0 Å². The van der Waals surface area contributed by atoms with Gasteiger partial charge in [-0.2, -0.15) is 5.10 Å². The Balaban J connectivity index is 0.000000861. The molecule has 1 aromatic carbocycles. The number of hydrogen-bond donors (Lipinski definition) is 2. The molecule has 0 saturated carbocycles. The van der Waals surface area contributed by atoms with Crippen LogP contribution in [0, 0.1) is 0 Å². The number of aromatic nitrogens is 3. The van der Waals surface area contributed by atoms with E-state index in [0.29, 0.717) is 0 Å². The summed E-state index contributed by atoms with van der Waals surface area (Å²) in [7, 11) is 2.09. The molecule has 10 heteroatoms. The molecule has 0 amide bonds. The highest BCUT2D eigenvalue weighted by Gasteiger charge is 2.14. The third kappa shape index (κ3) is 7.05. The maximum absolute atomic E-state index is 9.62. The Bertz CT molecular complexity index is 1190. The smallest absolute Gasteiger partial charge is 0.229 e. The topological polar surface area (TPSA) is 60.5 Å². The lowest BCUT2D eigenvalue weighted by molar-refractivity contribution is -0.904. The largest absolute Gasteiger partial charge is 0.488 e. The van der Waals surface area contributed by atoms with Crippen LogP contribution in [0.15, 0.2) is 54.3 Å². The van der Waals surface area contributed by atoms with Crippen molar-refractivity contribution in [2.45, 2.75) is 25.8 Å². The van der Waals surface area contributed by atoms with Crippen molar-refractivity contribution in [1.82, 2.24) is 14.6 Å². The minimum absolute atomic E-state index is 0. The Hall–Kier alpha value is -2.95. The molecule has 1 saturated heterocycles. The van der Waals surface area contributed by atoms with Crippen LogP contribution in [-0.2, 0) is 6.54 Å². The van der Waals surface area contributed by atoms with E-state index in [1.807, 2.05) is 16.9 Å². The summed E-state index contributed by atoms with van der Waals surface area (Å²) in [6.07, 6.45) is 9.99. The fraction of sp³-hybridized carbons (Fsp3) is 0.385. The number of hydrogen-bond acceptors (Lipinski definition) is 4. The Morgan fingerprint density at radius 2 is 1.81 bits per heavy atom. The highest BCUT2D eigenvalue weighted by Crippen LogP contribution is 2.29. The van der Waals surface area contributed by atoms with Gasteiger partial charge in [-0.15, -0.1) is 11.3 Å². The lowest BCUT2D eigenvalue weighted by Crippen LogP contribution is -3.13. The zero-order valence-electron chi connectivity index (χ0n) is 20.5. The second-order valence-electron chi connectivity index (χ2n) is 8.62. The molecular formula is C26H34F3N5OS+2. The SMILES string of the molecule is C[NH2+]Cc1cc(-c2cnn3cc(-c4ccc(OCC[NH+]5CCCCC5)cc4)cnc23)cs1.F.FCF. The maximum atomic E-state index is 9.62. The molecule has 0 atom stereocenters. The molecule has 0 aliphatic carbocycles. The van der Waals surface area contributed by atoms with Crippen LogP contribution in [0.5, 0.6) is 5.75 Å². The van der Waals surface area contributed by atoms with Gasteiger partial charge < -0.3 is 15.0 Å². The predicted octanol–water partition coefficient (Wildman–Crippen LogP) is 3.30. The van der Waals surface area contributed by atoms with Gasteiger partial charge in [-0.25, -0.2) is 18.3 Å². The van der Waals surface area contributed by atoms with Gasteiger partial charge in [-0.1, -0.05) is 12.1 Å². The molecule has 36 heavy (non-hydrogen) atoms. The minimum Gasteiger partial charge on any atom is -0.488 e. The second kappa shape index (κ2) is 14.0. The Morgan fingerprint density at radius 3 is 2.53 bits per heavy atom. The Kier molecular flexibility index (Phi) is 10.7. The summed E-state index contributed by atoms with van der Waals surface area (Å²) in [5.41, 5.74) is 5.31. The monoisotopic (exact) mass is 521 g/mol. The van der Waals surface area contributed by atoms with Crippen molar-refractivity contribution in [3.8, 4) is 28.0 Å². The highest BCUT2D eigenvalue weighted by molar-refractivity contribution is 7.10. The summed E-state index contributed by atoms with van der Waals surface area (Å²) < 4.78 is 27.1. The van der Waals surface area contributed by atoms with E-state index in [2.05, 4.69) is 59.4 Å². The van der Waals surface area contributed by atoms with Gasteiger partial charge in [0.2, 0.25) is 6.93 Å². The fourth-order valence-electron chi connectivity index (χ4n) is 4.42. The number of nitrogens with one attached hydrogen (secondary N) is 1. The zero-order chi connectivity index (χ0) is 24.5. The van der Waals surface area contributed by atoms with Crippen LogP contribution in [0.3, 0.4) is 0 Å². The molecule has 4 aromatic rings. The van der Waals surface area contributed by atoms with Gasteiger partial charge in [-0.3, -0.25) is 4.70 Å². The molecule has 194 valence electrons. The number of rotatable bonds is 8. The molecule has 1 aliphatic rings. The van der Waals surface area contributed by atoms with Crippen LogP contribution < -0.4 is 15.0 Å². The molecule has 1 aliphatic heterocycles. The normalized spacial score (nSPS) is 13.6. The lowest BCUT2D eigenvalue weighted by atomic mass is 10.1. The number of halogens is 3. The quantitative estimate of drug-likeness (QED) is 0.374. The van der Waals surface area contributed by atoms with Crippen LogP contribution in [0.25, 0.3) is 27.9 Å². The first-order valence-electron chi connectivity index (χ1n) is 12.1. The van der Waals surface area contributed by atoms with Gasteiger partial charge in [0.25, 0.3) is 0 Å². The number of piperidine rings is 1. The average molecular weight is 522 g/mol. The van der Waals surface area contributed by atoms with Gasteiger partial charge in [0, 0.05) is 23.5 Å². The molecule has 5 rings (SSSR count). The van der Waals surface area contributed by atoms with Crippen molar-refractivity contribution in [2.24, 2.45) is 0 Å². The molecule has 0 unspecified atom stereocenters. The van der Waals surface area contributed by atoms with E-state index in [0.717, 1.165) is 47.8 Å². The van der Waals surface area contributed by atoms with E-state index in [4.69, 9.17) is 9.72 Å². The number of thiophene rings is 1. The number of alkyl halides is 2. The van der Waals surface area contributed by atoms with Gasteiger partial charge >= 0.3 is 0 Å². The van der Waals surface area contributed by atoms with Crippen LogP contribution >= 0.6 is 11.3 Å². The minimum atomic E-state index is -1.75. The summed E-state index contributed by atoms with van der Waals surface area (Å²) in [4.78, 5) is 7.77. The maximum Gasteiger partial charge on any atom is 0.229 e. The van der Waals surface area contributed by atoms with Crippen LogP contribution in [-0.4, -0.2) is 54.8 Å². The van der Waals surface area contributed by atoms with Crippen molar-refractivity contribution in [1.29, 1.82) is 0 Å². The van der Waals surface area contributed by atoms with E-state index in [-0.39, 0.29) is 4.70 Å². The van der Waals surface area contributed by atoms with Crippen LogP contribution in [0.1, 0.15) is 24.1 Å². The fourth-order valence-corrected chi connectivity index (χ4v) is 5.35. The van der Waals surface area contributed by atoms with E-state index in [1.165, 1.54) is 42.8 Å². The zero-order valence-corrected chi connectivity index (χ0v) is 21.3. The molecule has 3 aromatic heterocycles. The Morgan fingerprint density at radius 1 is 1.06 bits per heavy atom. The van der Waals surface area contributed by atoms with E-state index < -0.39 is 6.93 Å². The third-order valence-electron chi connectivity index (χ3n) is 6.20. The predicted molar refractivity (Wildman–Crippen MR) is 138 cm³/mol. The van der Waals surface area contributed by atoms with Crippen molar-refractivity contribution in [3.05, 3.63) is 59.2 Å². The average Bonchev–Trinajstić information content (AvgIpc) is 3.52. The second-order valence-corrected chi connectivity index (χ2v) is 9.61. The number of quaternary nitrogens is 2. The number of nitrogens with zero attached hydrogens (tertiary/aromatic N) is 3. The van der Waals surface area contributed by atoms with Crippen LogP contribution in [0.4, 0.5) is 13.5 Å².